The number of aliphatic hydroxyl groups excluding tert-OH is 1. The van der Waals surface area contributed by atoms with E-state index >= 15 is 0 Å². The molecule has 1 aromatic rings. The molecular formula is C18H23FN2O3. The van der Waals surface area contributed by atoms with Gasteiger partial charge in [-0.3, -0.25) is 9.59 Å². The number of halogens is 1. The molecule has 130 valence electrons. The van der Waals surface area contributed by atoms with Gasteiger partial charge in [0, 0.05) is 25.6 Å². The summed E-state index contributed by atoms with van der Waals surface area (Å²) in [6.45, 7) is 4.36. The Kier molecular flexibility index (Phi) is 4.58. The van der Waals surface area contributed by atoms with Crippen LogP contribution in [-0.4, -0.2) is 47.1 Å². The minimum Gasteiger partial charge on any atom is -0.391 e. The number of aryl methyl sites for hydroxylation is 1. The third-order valence-electron chi connectivity index (χ3n) is 5.11. The quantitative estimate of drug-likeness (QED) is 0.861. The number of aliphatic hydroxyl groups is 1. The molecule has 6 heteroatoms. The van der Waals surface area contributed by atoms with Crippen molar-refractivity contribution in [2.24, 2.45) is 11.8 Å². The number of carbonyl (C=O) groups excluding carboxylic acids is 2. The first-order chi connectivity index (χ1) is 11.3. The van der Waals surface area contributed by atoms with Gasteiger partial charge in [-0.05, 0) is 55.4 Å². The summed E-state index contributed by atoms with van der Waals surface area (Å²) < 4.78 is 13.6. The third kappa shape index (κ3) is 3.43. The zero-order valence-electron chi connectivity index (χ0n) is 14.0. The van der Waals surface area contributed by atoms with Crippen LogP contribution in [0, 0.1) is 24.6 Å². The predicted octanol–water partition coefficient (Wildman–Crippen LogP) is 1.48. The Morgan fingerprint density at radius 1 is 1.21 bits per heavy atom. The van der Waals surface area contributed by atoms with Crippen molar-refractivity contribution >= 4 is 11.8 Å². The van der Waals surface area contributed by atoms with Gasteiger partial charge in [-0.1, -0.05) is 0 Å². The van der Waals surface area contributed by atoms with E-state index in [9.17, 15) is 19.1 Å². The molecule has 2 amide bonds. The number of hydrogen-bond donors (Lipinski definition) is 2. The molecule has 0 unspecified atom stereocenters. The minimum absolute atomic E-state index is 0.154. The average Bonchev–Trinajstić information content (AvgIpc) is 2.88. The SMILES string of the molecule is CC(=O)N[C@@H]1C[C@@H]2CN(C(=O)c3cc(C)cc(F)c3)C[C@@H]2C[C@H]1O. The lowest BCUT2D eigenvalue weighted by molar-refractivity contribution is -0.121. The Morgan fingerprint density at radius 3 is 2.50 bits per heavy atom. The van der Waals surface area contributed by atoms with Crippen molar-refractivity contribution in [3.63, 3.8) is 0 Å². The second kappa shape index (κ2) is 6.51. The van der Waals surface area contributed by atoms with E-state index < -0.39 is 11.9 Å². The first-order valence-corrected chi connectivity index (χ1v) is 8.35. The summed E-state index contributed by atoms with van der Waals surface area (Å²) in [7, 11) is 0. The number of carbonyl (C=O) groups is 2. The van der Waals surface area contributed by atoms with Gasteiger partial charge in [0.15, 0.2) is 0 Å². The maximum atomic E-state index is 13.6. The summed E-state index contributed by atoms with van der Waals surface area (Å²) >= 11 is 0. The molecule has 1 aliphatic carbocycles. The maximum absolute atomic E-state index is 13.6. The van der Waals surface area contributed by atoms with Gasteiger partial charge in [0.25, 0.3) is 5.91 Å². The van der Waals surface area contributed by atoms with Crippen molar-refractivity contribution in [3.8, 4) is 0 Å². The normalized spacial score (nSPS) is 29.2. The van der Waals surface area contributed by atoms with Crippen LogP contribution < -0.4 is 5.32 Å². The molecule has 0 radical (unpaired) electrons. The fraction of sp³-hybridized carbons (Fsp3) is 0.556. The Morgan fingerprint density at radius 2 is 1.88 bits per heavy atom. The molecule has 0 spiro atoms. The van der Waals surface area contributed by atoms with Crippen LogP contribution in [-0.2, 0) is 4.79 Å². The molecule has 4 atom stereocenters. The van der Waals surface area contributed by atoms with Gasteiger partial charge in [0.1, 0.15) is 5.82 Å². The lowest BCUT2D eigenvalue weighted by atomic mass is 9.77. The van der Waals surface area contributed by atoms with E-state index in [0.29, 0.717) is 31.5 Å². The first-order valence-electron chi connectivity index (χ1n) is 8.35. The number of nitrogens with zero attached hydrogens (tertiary/aromatic N) is 1. The Bertz CT molecular complexity index is 643. The zero-order chi connectivity index (χ0) is 17.4. The van der Waals surface area contributed by atoms with Gasteiger partial charge in [-0.2, -0.15) is 0 Å². The summed E-state index contributed by atoms with van der Waals surface area (Å²) in [6, 6.07) is 4.11. The minimum atomic E-state index is -0.582. The van der Waals surface area contributed by atoms with E-state index in [-0.39, 0.29) is 29.7 Å². The van der Waals surface area contributed by atoms with E-state index in [1.54, 1.807) is 17.9 Å². The number of fused-ring (bicyclic) bond motifs is 1. The number of rotatable bonds is 2. The molecule has 0 aromatic heterocycles. The van der Waals surface area contributed by atoms with Gasteiger partial charge in [-0.15, -0.1) is 0 Å². The summed E-state index contributed by atoms with van der Waals surface area (Å²) in [5.74, 6) is -0.250. The van der Waals surface area contributed by atoms with Crippen molar-refractivity contribution in [1.82, 2.24) is 10.2 Å². The molecule has 3 rings (SSSR count). The van der Waals surface area contributed by atoms with Crippen LogP contribution >= 0.6 is 0 Å². The van der Waals surface area contributed by atoms with Crippen LogP contribution in [0.25, 0.3) is 0 Å². The second-order valence-corrected chi connectivity index (χ2v) is 7.09. The lowest BCUT2D eigenvalue weighted by Gasteiger charge is -2.35. The highest BCUT2D eigenvalue weighted by atomic mass is 19.1. The summed E-state index contributed by atoms with van der Waals surface area (Å²) in [4.78, 5) is 25.7. The van der Waals surface area contributed by atoms with Crippen LogP contribution in [0.5, 0.6) is 0 Å². The van der Waals surface area contributed by atoms with E-state index in [2.05, 4.69) is 5.32 Å². The molecule has 1 aromatic carbocycles. The summed E-state index contributed by atoms with van der Waals surface area (Å²) in [5, 5.41) is 13.0. The topological polar surface area (TPSA) is 69.6 Å². The van der Waals surface area contributed by atoms with Gasteiger partial charge in [-0.25, -0.2) is 4.39 Å². The third-order valence-corrected chi connectivity index (χ3v) is 5.11. The largest absolute Gasteiger partial charge is 0.391 e. The highest BCUT2D eigenvalue weighted by molar-refractivity contribution is 5.94. The van der Waals surface area contributed by atoms with Crippen LogP contribution in [0.3, 0.4) is 0 Å². The van der Waals surface area contributed by atoms with Crippen LogP contribution in [0.15, 0.2) is 18.2 Å². The first kappa shape index (κ1) is 16.9. The smallest absolute Gasteiger partial charge is 0.253 e. The number of benzene rings is 1. The van der Waals surface area contributed by atoms with Gasteiger partial charge in [0.2, 0.25) is 5.91 Å². The fourth-order valence-electron chi connectivity index (χ4n) is 4.05. The number of likely N-dealkylation sites (tertiary alicyclic amines) is 1. The molecule has 1 saturated heterocycles. The number of amides is 2. The highest BCUT2D eigenvalue weighted by Gasteiger charge is 2.43. The van der Waals surface area contributed by atoms with Crippen LogP contribution in [0.4, 0.5) is 4.39 Å². The average molecular weight is 334 g/mol. The van der Waals surface area contributed by atoms with Crippen molar-refractivity contribution in [3.05, 3.63) is 35.1 Å². The highest BCUT2D eigenvalue weighted by Crippen LogP contribution is 2.37. The Hall–Kier alpha value is -1.95. The van der Waals surface area contributed by atoms with Gasteiger partial charge in [0.05, 0.1) is 12.1 Å². The van der Waals surface area contributed by atoms with Crippen molar-refractivity contribution in [2.75, 3.05) is 13.1 Å². The molecule has 5 nitrogen and oxygen atoms in total. The summed E-state index contributed by atoms with van der Waals surface area (Å²) in [5.41, 5.74) is 1.08. The molecule has 1 aliphatic heterocycles. The molecule has 1 saturated carbocycles. The van der Waals surface area contributed by atoms with E-state index in [0.717, 1.165) is 5.56 Å². The monoisotopic (exact) mass is 334 g/mol. The maximum Gasteiger partial charge on any atom is 0.253 e. The van der Waals surface area contributed by atoms with E-state index in [1.165, 1.54) is 19.1 Å². The predicted molar refractivity (Wildman–Crippen MR) is 86.9 cm³/mol. The van der Waals surface area contributed by atoms with Crippen LogP contribution in [0.2, 0.25) is 0 Å². The Labute approximate surface area is 140 Å². The van der Waals surface area contributed by atoms with Gasteiger partial charge < -0.3 is 15.3 Å². The molecule has 2 aliphatic rings. The molecule has 1 heterocycles. The number of hydrogen-bond acceptors (Lipinski definition) is 3. The second-order valence-electron chi connectivity index (χ2n) is 7.09. The summed E-state index contributed by atoms with van der Waals surface area (Å²) in [6.07, 6.45) is 0.653. The molecule has 24 heavy (non-hydrogen) atoms. The van der Waals surface area contributed by atoms with Crippen LogP contribution in [0.1, 0.15) is 35.7 Å². The Balaban J connectivity index is 1.70. The zero-order valence-corrected chi connectivity index (χ0v) is 14.0. The fourth-order valence-corrected chi connectivity index (χ4v) is 4.05. The van der Waals surface area contributed by atoms with E-state index in [1.807, 2.05) is 0 Å². The van der Waals surface area contributed by atoms with Crippen molar-refractivity contribution in [2.45, 2.75) is 38.8 Å². The van der Waals surface area contributed by atoms with Crippen molar-refractivity contribution < 1.29 is 19.1 Å². The van der Waals surface area contributed by atoms with Gasteiger partial charge >= 0.3 is 0 Å². The number of nitrogens with one attached hydrogen (secondary N) is 1. The molecule has 0 bridgehead atoms. The van der Waals surface area contributed by atoms with Crippen molar-refractivity contribution in [1.29, 1.82) is 0 Å². The molecule has 2 N–H and O–H groups in total. The van der Waals surface area contributed by atoms with E-state index in [4.69, 9.17) is 0 Å². The lowest BCUT2D eigenvalue weighted by Crippen LogP contribution is -2.48. The molecule has 2 fully saturated rings. The standard InChI is InChI=1S/C18H23FN2O3/c1-10-3-12(5-15(19)4-10)18(24)21-8-13-6-16(20-11(2)22)17(23)7-14(13)9-21/h3-5,13-14,16-17,23H,6-9H2,1-2H3,(H,20,22)/t13-,14+,16-,17-/m1/s1. The molecular weight excluding hydrogens is 311 g/mol.